The van der Waals surface area contributed by atoms with Crippen molar-refractivity contribution in [3.05, 3.63) is 59.4 Å². The molecular weight excluding hydrogens is 365 g/mol. The van der Waals surface area contributed by atoms with Crippen LogP contribution < -0.4 is 4.90 Å². The van der Waals surface area contributed by atoms with Crippen molar-refractivity contribution in [2.75, 3.05) is 38.1 Å². The minimum absolute atomic E-state index is 0.324. The molecule has 3 heterocycles. The molecule has 2 fully saturated rings. The molecule has 156 valence electrons. The van der Waals surface area contributed by atoms with Crippen molar-refractivity contribution in [1.82, 2.24) is 9.88 Å². The predicted octanol–water partition coefficient (Wildman–Crippen LogP) is 3.94. The first-order chi connectivity index (χ1) is 13.7. The molecule has 4 rings (SSSR count). The second-order valence-electron chi connectivity index (χ2n) is 9.48. The van der Waals surface area contributed by atoms with Gasteiger partial charge in [0.25, 0.3) is 0 Å². The van der Waals surface area contributed by atoms with Crippen LogP contribution in [0.2, 0.25) is 0 Å². The third kappa shape index (κ3) is 3.44. The van der Waals surface area contributed by atoms with Gasteiger partial charge in [0.15, 0.2) is 0 Å². The molecule has 1 N–H and O–H groups in total. The molecule has 2 aliphatic rings. The molecule has 1 aromatic carbocycles. The molecule has 1 aromatic heterocycles. The average molecular weight is 398 g/mol. The molecule has 2 aliphatic heterocycles. The first-order valence-electron chi connectivity index (χ1n) is 10.6. The number of rotatable bonds is 5. The van der Waals surface area contributed by atoms with Crippen LogP contribution >= 0.6 is 0 Å². The van der Waals surface area contributed by atoms with E-state index in [-0.39, 0.29) is 5.41 Å². The Hall–Kier alpha value is -1.98. The number of hydrogen-bond donors (Lipinski definition) is 1. The maximum absolute atomic E-state index is 13.7. The lowest BCUT2D eigenvalue weighted by Gasteiger charge is -2.56. The Labute approximate surface area is 173 Å². The molecule has 0 aliphatic carbocycles. The van der Waals surface area contributed by atoms with E-state index in [4.69, 9.17) is 0 Å². The number of benzene rings is 1. The van der Waals surface area contributed by atoms with Gasteiger partial charge in [-0.05, 0) is 36.6 Å². The molecule has 0 amide bonds. The smallest absolute Gasteiger partial charge is 0.124 e. The Bertz CT molecular complexity index is 863. The number of aromatic nitrogens is 1. The van der Waals surface area contributed by atoms with Crippen LogP contribution in [0.15, 0.2) is 42.7 Å². The largest absolute Gasteiger partial charge is 0.380 e. The first kappa shape index (κ1) is 20.3. The number of halogens is 1. The molecule has 0 bridgehead atoms. The second kappa shape index (κ2) is 7.37. The summed E-state index contributed by atoms with van der Waals surface area (Å²) in [7, 11) is 2.07. The van der Waals surface area contributed by atoms with E-state index in [1.165, 1.54) is 5.56 Å². The highest BCUT2D eigenvalue weighted by molar-refractivity contribution is 5.51. The minimum atomic E-state index is -1.16. The molecule has 2 unspecified atom stereocenters. The fourth-order valence-corrected chi connectivity index (χ4v) is 5.10. The Kier molecular flexibility index (Phi) is 5.16. The van der Waals surface area contributed by atoms with Gasteiger partial charge in [-0.2, -0.15) is 0 Å². The highest BCUT2D eigenvalue weighted by Gasteiger charge is 2.55. The fourth-order valence-electron chi connectivity index (χ4n) is 5.10. The number of aliphatic hydroxyl groups is 1. The van der Waals surface area contributed by atoms with Crippen molar-refractivity contribution < 1.29 is 9.50 Å². The SMILES string of the molecule is CC(C)c1ccc(C(O)(c2cncc(N3CCC(F)C3)c2)C2(C)CN(C)C2)cc1. The van der Waals surface area contributed by atoms with E-state index in [1.54, 1.807) is 12.4 Å². The summed E-state index contributed by atoms with van der Waals surface area (Å²) in [5, 5.41) is 12.2. The number of alkyl halides is 1. The summed E-state index contributed by atoms with van der Waals surface area (Å²) in [5.74, 6) is 0.441. The standard InChI is InChI=1S/C24H32FN3O/c1-17(2)18-5-7-19(8-6-18)24(29,23(3)15-27(4)16-23)20-11-22(13-26-12-20)28-10-9-21(25)14-28/h5-8,11-13,17,21,29H,9-10,14-16H2,1-4H3. The zero-order valence-electron chi connectivity index (χ0n) is 17.9. The summed E-state index contributed by atoms with van der Waals surface area (Å²) in [6, 6.07) is 10.3. The summed E-state index contributed by atoms with van der Waals surface area (Å²) >= 11 is 0. The third-order valence-corrected chi connectivity index (χ3v) is 6.74. The normalized spacial score (nSPS) is 23.8. The fraction of sp³-hybridized carbons (Fsp3) is 0.542. The zero-order chi connectivity index (χ0) is 20.8. The van der Waals surface area contributed by atoms with Gasteiger partial charge in [-0.15, -0.1) is 0 Å². The van der Waals surface area contributed by atoms with Crippen LogP contribution in [0.4, 0.5) is 10.1 Å². The van der Waals surface area contributed by atoms with Crippen molar-refractivity contribution in [3.63, 3.8) is 0 Å². The van der Waals surface area contributed by atoms with Gasteiger partial charge in [0, 0.05) is 43.4 Å². The van der Waals surface area contributed by atoms with Gasteiger partial charge < -0.3 is 14.9 Å². The Morgan fingerprint density at radius 1 is 1.17 bits per heavy atom. The van der Waals surface area contributed by atoms with E-state index in [0.717, 1.165) is 29.9 Å². The van der Waals surface area contributed by atoms with Crippen molar-refractivity contribution in [2.24, 2.45) is 5.41 Å². The molecule has 0 spiro atoms. The third-order valence-electron chi connectivity index (χ3n) is 6.74. The van der Waals surface area contributed by atoms with Crippen LogP contribution in [0.1, 0.15) is 49.8 Å². The molecule has 2 saturated heterocycles. The summed E-state index contributed by atoms with van der Waals surface area (Å²) < 4.78 is 13.7. The topological polar surface area (TPSA) is 39.6 Å². The second-order valence-corrected chi connectivity index (χ2v) is 9.48. The number of nitrogens with zero attached hydrogens (tertiary/aromatic N) is 3. The maximum Gasteiger partial charge on any atom is 0.124 e. The molecule has 5 heteroatoms. The maximum atomic E-state index is 13.7. The molecule has 0 radical (unpaired) electrons. The number of hydrogen-bond acceptors (Lipinski definition) is 4. The van der Waals surface area contributed by atoms with Gasteiger partial charge >= 0.3 is 0 Å². The number of likely N-dealkylation sites (tertiary alicyclic amines) is 1. The van der Waals surface area contributed by atoms with Crippen molar-refractivity contribution in [2.45, 2.75) is 44.9 Å². The van der Waals surface area contributed by atoms with Crippen molar-refractivity contribution in [3.8, 4) is 0 Å². The highest BCUT2D eigenvalue weighted by Crippen LogP contribution is 2.50. The van der Waals surface area contributed by atoms with E-state index < -0.39 is 11.8 Å². The van der Waals surface area contributed by atoms with Crippen LogP contribution in [0.3, 0.4) is 0 Å². The molecule has 29 heavy (non-hydrogen) atoms. The van der Waals surface area contributed by atoms with Gasteiger partial charge in [0.05, 0.1) is 11.9 Å². The van der Waals surface area contributed by atoms with Crippen LogP contribution in [-0.4, -0.2) is 54.4 Å². The average Bonchev–Trinajstić information content (AvgIpc) is 3.13. The van der Waals surface area contributed by atoms with E-state index in [2.05, 4.69) is 62.0 Å². The Morgan fingerprint density at radius 2 is 1.86 bits per heavy atom. The summed E-state index contributed by atoms with van der Waals surface area (Å²) in [6.45, 7) is 9.17. The lowest BCUT2D eigenvalue weighted by atomic mass is 9.62. The first-order valence-corrected chi connectivity index (χ1v) is 10.6. The van der Waals surface area contributed by atoms with Gasteiger partial charge in [-0.3, -0.25) is 4.98 Å². The predicted molar refractivity (Wildman–Crippen MR) is 115 cm³/mol. The number of anilines is 1. The molecular formula is C24H32FN3O. The van der Waals surface area contributed by atoms with Crippen molar-refractivity contribution >= 4 is 5.69 Å². The monoisotopic (exact) mass is 397 g/mol. The number of pyridine rings is 1. The quantitative estimate of drug-likeness (QED) is 0.830. The van der Waals surface area contributed by atoms with Gasteiger partial charge in [-0.1, -0.05) is 45.0 Å². The lowest BCUT2D eigenvalue weighted by molar-refractivity contribution is -0.127. The summed E-state index contributed by atoms with van der Waals surface area (Å²) in [6.07, 6.45) is 3.30. The molecule has 2 atom stereocenters. The van der Waals surface area contributed by atoms with Gasteiger partial charge in [0.2, 0.25) is 0 Å². The minimum Gasteiger partial charge on any atom is -0.380 e. The molecule has 2 aromatic rings. The van der Waals surface area contributed by atoms with E-state index in [1.807, 2.05) is 11.0 Å². The highest BCUT2D eigenvalue weighted by atomic mass is 19.1. The van der Waals surface area contributed by atoms with Crippen LogP contribution in [0.5, 0.6) is 0 Å². The zero-order valence-corrected chi connectivity index (χ0v) is 17.9. The molecule has 4 nitrogen and oxygen atoms in total. The van der Waals surface area contributed by atoms with E-state index in [0.29, 0.717) is 25.4 Å². The molecule has 0 saturated carbocycles. The van der Waals surface area contributed by atoms with E-state index in [9.17, 15) is 9.50 Å². The van der Waals surface area contributed by atoms with Crippen LogP contribution in [0, 0.1) is 5.41 Å². The van der Waals surface area contributed by atoms with E-state index >= 15 is 0 Å². The summed E-state index contributed by atoms with van der Waals surface area (Å²) in [5.41, 5.74) is 2.33. The Morgan fingerprint density at radius 3 is 2.41 bits per heavy atom. The van der Waals surface area contributed by atoms with Crippen LogP contribution in [-0.2, 0) is 5.60 Å². The van der Waals surface area contributed by atoms with Gasteiger partial charge in [-0.25, -0.2) is 4.39 Å². The Balaban J connectivity index is 1.77. The van der Waals surface area contributed by atoms with Gasteiger partial charge in [0.1, 0.15) is 11.8 Å². The van der Waals surface area contributed by atoms with Crippen molar-refractivity contribution in [1.29, 1.82) is 0 Å². The summed E-state index contributed by atoms with van der Waals surface area (Å²) in [4.78, 5) is 8.69. The lowest BCUT2D eigenvalue weighted by Crippen LogP contribution is -2.63. The van der Waals surface area contributed by atoms with Crippen LogP contribution in [0.25, 0.3) is 0 Å².